The van der Waals surface area contributed by atoms with Crippen molar-refractivity contribution in [3.05, 3.63) is 54.1 Å². The van der Waals surface area contributed by atoms with E-state index in [2.05, 4.69) is 0 Å². The number of carbonyl (C=O) groups is 2. The topological polar surface area (TPSA) is 84.0 Å². The lowest BCUT2D eigenvalue weighted by Gasteiger charge is -2.24. The van der Waals surface area contributed by atoms with Crippen LogP contribution in [0.25, 0.3) is 0 Å². The second kappa shape index (κ2) is 7.61. The molecule has 0 saturated carbocycles. The summed E-state index contributed by atoms with van der Waals surface area (Å²) in [4.78, 5) is 25.7. The Morgan fingerprint density at radius 3 is 2.59 bits per heavy atom. The zero-order chi connectivity index (χ0) is 20.6. The maximum absolute atomic E-state index is 13.3. The number of ether oxygens (including phenoxy) is 1. The number of para-hydroxylation sites is 1. The number of sulfonamides is 1. The Labute approximate surface area is 169 Å². The smallest absolute Gasteiger partial charge is 0.299 e. The largest absolute Gasteiger partial charge is 0.492 e. The minimum absolute atomic E-state index is 0.0296. The number of ketones is 1. The first-order valence-corrected chi connectivity index (χ1v) is 11.1. The van der Waals surface area contributed by atoms with Crippen molar-refractivity contribution in [2.45, 2.75) is 30.7 Å². The molecule has 0 radical (unpaired) electrons. The Kier molecular flexibility index (Phi) is 5.14. The van der Waals surface area contributed by atoms with Crippen LogP contribution in [0.4, 0.5) is 5.69 Å². The first kappa shape index (κ1) is 19.6. The highest BCUT2D eigenvalue weighted by atomic mass is 32.2. The third kappa shape index (κ3) is 3.42. The fourth-order valence-electron chi connectivity index (χ4n) is 3.89. The van der Waals surface area contributed by atoms with Crippen molar-refractivity contribution in [3.8, 4) is 5.75 Å². The van der Waals surface area contributed by atoms with Crippen LogP contribution in [-0.4, -0.2) is 50.2 Å². The number of hydrogen-bond donors (Lipinski definition) is 0. The Hall–Kier alpha value is -2.71. The van der Waals surface area contributed by atoms with Crippen LogP contribution in [0.3, 0.4) is 0 Å². The monoisotopic (exact) mass is 414 g/mol. The highest BCUT2D eigenvalue weighted by Crippen LogP contribution is 2.33. The number of likely N-dealkylation sites (N-methyl/N-ethyl adjacent to an activating group) is 1. The van der Waals surface area contributed by atoms with E-state index in [1.807, 2.05) is 30.3 Å². The number of benzene rings is 2. The second-order valence-electron chi connectivity index (χ2n) is 7.09. The lowest BCUT2D eigenvalue weighted by molar-refractivity contribution is -0.114. The molecule has 1 saturated heterocycles. The molecule has 2 aromatic rings. The van der Waals surface area contributed by atoms with Crippen molar-refractivity contribution >= 4 is 27.4 Å². The molecule has 0 spiro atoms. The zero-order valence-corrected chi connectivity index (χ0v) is 16.9. The van der Waals surface area contributed by atoms with Crippen molar-refractivity contribution in [3.63, 3.8) is 0 Å². The molecule has 0 bridgehead atoms. The van der Waals surface area contributed by atoms with Gasteiger partial charge in [-0.2, -0.15) is 4.31 Å². The number of anilines is 1. The molecule has 0 aromatic heterocycles. The van der Waals surface area contributed by atoms with Crippen molar-refractivity contribution in [1.29, 1.82) is 0 Å². The summed E-state index contributed by atoms with van der Waals surface area (Å²) in [7, 11) is -3.81. The van der Waals surface area contributed by atoms with E-state index in [1.165, 1.54) is 21.3 Å². The molecule has 8 heteroatoms. The number of hydrogen-bond acceptors (Lipinski definition) is 5. The van der Waals surface area contributed by atoms with Crippen molar-refractivity contribution in [2.24, 2.45) is 0 Å². The predicted molar refractivity (Wildman–Crippen MR) is 108 cm³/mol. The highest BCUT2D eigenvalue weighted by Gasteiger charge is 2.39. The summed E-state index contributed by atoms with van der Waals surface area (Å²) >= 11 is 0. The van der Waals surface area contributed by atoms with Gasteiger partial charge in [0.1, 0.15) is 12.4 Å². The van der Waals surface area contributed by atoms with Crippen LogP contribution < -0.4 is 9.64 Å². The molecule has 2 aromatic carbocycles. The molecule has 4 rings (SSSR count). The number of rotatable bonds is 6. The number of amides is 1. The van der Waals surface area contributed by atoms with Gasteiger partial charge in [0, 0.05) is 13.1 Å². The van der Waals surface area contributed by atoms with Crippen LogP contribution in [0, 0.1) is 0 Å². The SMILES string of the molecule is CCN1C(=O)C(=O)c2cc(S(=O)(=O)N3CCC[C@H]3COc3ccccc3)ccc21. The Morgan fingerprint density at radius 2 is 1.86 bits per heavy atom. The van der Waals surface area contributed by atoms with Gasteiger partial charge >= 0.3 is 0 Å². The van der Waals surface area contributed by atoms with Crippen molar-refractivity contribution in [1.82, 2.24) is 4.31 Å². The maximum Gasteiger partial charge on any atom is 0.299 e. The van der Waals surface area contributed by atoms with Gasteiger partial charge < -0.3 is 9.64 Å². The molecule has 2 heterocycles. The number of nitrogens with zero attached hydrogens (tertiary/aromatic N) is 2. The van der Waals surface area contributed by atoms with Gasteiger partial charge in [0.05, 0.1) is 22.2 Å². The van der Waals surface area contributed by atoms with Crippen LogP contribution in [0.2, 0.25) is 0 Å². The van der Waals surface area contributed by atoms with Crippen molar-refractivity contribution < 1.29 is 22.7 Å². The summed E-state index contributed by atoms with van der Waals surface area (Å²) < 4.78 is 33.7. The standard InChI is InChI=1S/C21H22N2O5S/c1-2-22-19-11-10-17(13-18(19)20(24)21(22)25)29(26,27)23-12-6-7-15(23)14-28-16-8-4-3-5-9-16/h3-5,8-11,13,15H,2,6-7,12,14H2,1H3/t15-/m0/s1. The first-order chi connectivity index (χ1) is 13.9. The van der Waals surface area contributed by atoms with Gasteiger partial charge in [0.2, 0.25) is 10.0 Å². The van der Waals surface area contributed by atoms with E-state index in [9.17, 15) is 18.0 Å². The summed E-state index contributed by atoms with van der Waals surface area (Å²) in [5, 5.41) is 0. The van der Waals surface area contributed by atoms with Gasteiger partial charge in [-0.1, -0.05) is 18.2 Å². The molecule has 1 amide bonds. The van der Waals surface area contributed by atoms with E-state index >= 15 is 0 Å². The van der Waals surface area contributed by atoms with E-state index in [0.717, 1.165) is 6.42 Å². The average molecular weight is 414 g/mol. The highest BCUT2D eigenvalue weighted by molar-refractivity contribution is 7.89. The molecule has 7 nitrogen and oxygen atoms in total. The summed E-state index contributed by atoms with van der Waals surface area (Å²) in [6, 6.07) is 13.3. The number of carbonyl (C=O) groups excluding carboxylic acids is 2. The molecule has 0 N–H and O–H groups in total. The fraction of sp³-hybridized carbons (Fsp3) is 0.333. The van der Waals surface area contributed by atoms with Crippen LogP contribution >= 0.6 is 0 Å². The number of Topliss-reactive ketones (excluding diaryl/α,β-unsaturated/α-hetero) is 1. The van der Waals surface area contributed by atoms with Crippen LogP contribution in [0.5, 0.6) is 5.75 Å². The van der Waals surface area contributed by atoms with Crippen molar-refractivity contribution in [2.75, 3.05) is 24.6 Å². The molecule has 1 atom stereocenters. The average Bonchev–Trinajstić information content (AvgIpc) is 3.31. The molecular weight excluding hydrogens is 392 g/mol. The third-order valence-corrected chi connectivity index (χ3v) is 7.32. The molecule has 29 heavy (non-hydrogen) atoms. The molecule has 0 unspecified atom stereocenters. The van der Waals surface area contributed by atoms with E-state index in [1.54, 1.807) is 13.0 Å². The second-order valence-corrected chi connectivity index (χ2v) is 8.98. The Morgan fingerprint density at radius 1 is 1.10 bits per heavy atom. The quantitative estimate of drug-likeness (QED) is 0.678. The van der Waals surface area contributed by atoms with Gasteiger partial charge in [0.25, 0.3) is 11.7 Å². The fourth-order valence-corrected chi connectivity index (χ4v) is 5.60. The molecule has 2 aliphatic rings. The predicted octanol–water partition coefficient (Wildman–Crippen LogP) is 2.47. The Bertz CT molecular complexity index is 1050. The zero-order valence-electron chi connectivity index (χ0n) is 16.1. The normalized spacial score (nSPS) is 19.6. The Balaban J connectivity index is 1.58. The van der Waals surface area contributed by atoms with Crippen LogP contribution in [0.1, 0.15) is 30.1 Å². The minimum atomic E-state index is -3.81. The summed E-state index contributed by atoms with van der Waals surface area (Å²) in [5.41, 5.74) is 0.612. The molecule has 1 fully saturated rings. The molecule has 152 valence electrons. The van der Waals surface area contributed by atoms with E-state index < -0.39 is 21.7 Å². The van der Waals surface area contributed by atoms with E-state index in [-0.39, 0.29) is 23.1 Å². The van der Waals surface area contributed by atoms with Crippen LogP contribution in [0.15, 0.2) is 53.4 Å². The molecular formula is C21H22N2O5S. The van der Waals surface area contributed by atoms with E-state index in [4.69, 9.17) is 4.74 Å². The lowest BCUT2D eigenvalue weighted by Crippen LogP contribution is -2.39. The molecule has 0 aliphatic carbocycles. The first-order valence-electron chi connectivity index (χ1n) is 9.63. The maximum atomic E-state index is 13.3. The minimum Gasteiger partial charge on any atom is -0.492 e. The summed E-state index contributed by atoms with van der Waals surface area (Å²) in [6.07, 6.45) is 1.45. The molecule has 2 aliphatic heterocycles. The van der Waals surface area contributed by atoms with Gasteiger partial charge in [-0.15, -0.1) is 0 Å². The van der Waals surface area contributed by atoms with Gasteiger partial charge in [0.15, 0.2) is 0 Å². The summed E-state index contributed by atoms with van der Waals surface area (Å²) in [6.45, 7) is 2.78. The lowest BCUT2D eigenvalue weighted by atomic mass is 10.1. The van der Waals surface area contributed by atoms with Crippen LogP contribution in [-0.2, 0) is 14.8 Å². The van der Waals surface area contributed by atoms with Gasteiger partial charge in [-0.05, 0) is 50.1 Å². The number of fused-ring (bicyclic) bond motifs is 1. The van der Waals surface area contributed by atoms with E-state index in [0.29, 0.717) is 30.9 Å². The third-order valence-electron chi connectivity index (χ3n) is 5.37. The van der Waals surface area contributed by atoms with Gasteiger partial charge in [-0.3, -0.25) is 9.59 Å². The summed E-state index contributed by atoms with van der Waals surface area (Å²) in [5.74, 6) is -0.588. The van der Waals surface area contributed by atoms with Gasteiger partial charge in [-0.25, -0.2) is 8.42 Å².